The number of halogens is 1. The molecular weight excluding hydrogens is 256 g/mol. The van der Waals surface area contributed by atoms with Crippen LogP contribution in [0.15, 0.2) is 12.3 Å². The van der Waals surface area contributed by atoms with Crippen molar-refractivity contribution in [1.29, 1.82) is 0 Å². The molecule has 98 valence electrons. The Morgan fingerprint density at radius 1 is 1.56 bits per heavy atom. The molecule has 0 bridgehead atoms. The zero-order valence-electron chi connectivity index (χ0n) is 9.88. The van der Waals surface area contributed by atoms with E-state index in [0.29, 0.717) is 18.3 Å². The number of nitrogens with zero attached hydrogens (tertiary/aromatic N) is 3. The third kappa shape index (κ3) is 2.70. The van der Waals surface area contributed by atoms with Crippen molar-refractivity contribution in [2.24, 2.45) is 11.7 Å². The van der Waals surface area contributed by atoms with E-state index in [2.05, 4.69) is 4.98 Å². The summed E-state index contributed by atoms with van der Waals surface area (Å²) in [5.41, 5.74) is 5.59. The predicted molar refractivity (Wildman–Crippen MR) is 69.9 cm³/mol. The smallest absolute Gasteiger partial charge is 0.313 e. The largest absolute Gasteiger partial charge is 0.351 e. The van der Waals surface area contributed by atoms with Crippen LogP contribution in [0.1, 0.15) is 12.8 Å². The van der Waals surface area contributed by atoms with Gasteiger partial charge in [-0.25, -0.2) is 4.98 Å². The highest BCUT2D eigenvalue weighted by Crippen LogP contribution is 2.31. The molecule has 0 amide bonds. The van der Waals surface area contributed by atoms with Crippen molar-refractivity contribution in [2.45, 2.75) is 12.8 Å². The summed E-state index contributed by atoms with van der Waals surface area (Å²) in [6.07, 6.45) is 3.33. The number of hydrogen-bond acceptors (Lipinski definition) is 5. The molecule has 0 aromatic carbocycles. The Bertz CT molecular complexity index is 447. The average Bonchev–Trinajstić information content (AvgIpc) is 2.39. The molecule has 1 aliphatic rings. The van der Waals surface area contributed by atoms with Crippen molar-refractivity contribution >= 4 is 23.1 Å². The van der Waals surface area contributed by atoms with Gasteiger partial charge in [-0.3, -0.25) is 10.1 Å². The molecule has 7 heteroatoms. The molecular formula is C11H15ClN4O2. The van der Waals surface area contributed by atoms with Crippen LogP contribution in [0.4, 0.5) is 11.5 Å². The van der Waals surface area contributed by atoms with E-state index in [1.807, 2.05) is 4.90 Å². The van der Waals surface area contributed by atoms with Gasteiger partial charge in [0.25, 0.3) is 0 Å². The van der Waals surface area contributed by atoms with Crippen LogP contribution in [0, 0.1) is 16.0 Å². The molecule has 0 aliphatic carbocycles. The molecule has 1 aromatic rings. The predicted octanol–water partition coefficient (Wildman–Crippen LogP) is 1.82. The van der Waals surface area contributed by atoms with Crippen LogP contribution in [0.25, 0.3) is 0 Å². The van der Waals surface area contributed by atoms with E-state index in [-0.39, 0.29) is 10.7 Å². The fourth-order valence-corrected chi connectivity index (χ4v) is 2.33. The maximum absolute atomic E-state index is 11.0. The number of piperidine rings is 1. The fourth-order valence-electron chi connectivity index (χ4n) is 2.18. The fraction of sp³-hybridized carbons (Fsp3) is 0.545. The SMILES string of the molecule is NCC1CCN(c2ncc(Cl)cc2[N+](=O)[O-])CC1. The van der Waals surface area contributed by atoms with Gasteiger partial charge in [0.05, 0.1) is 9.95 Å². The normalized spacial score (nSPS) is 16.9. The lowest BCUT2D eigenvalue weighted by Gasteiger charge is -2.31. The van der Waals surface area contributed by atoms with E-state index in [0.717, 1.165) is 25.9 Å². The first-order valence-electron chi connectivity index (χ1n) is 5.86. The average molecular weight is 271 g/mol. The van der Waals surface area contributed by atoms with Gasteiger partial charge < -0.3 is 10.6 Å². The molecule has 0 radical (unpaired) electrons. The molecule has 0 atom stereocenters. The minimum absolute atomic E-state index is 0.0336. The van der Waals surface area contributed by atoms with Crippen LogP contribution in [0.2, 0.25) is 5.02 Å². The molecule has 18 heavy (non-hydrogen) atoms. The summed E-state index contributed by atoms with van der Waals surface area (Å²) in [7, 11) is 0. The molecule has 1 aliphatic heterocycles. The summed E-state index contributed by atoms with van der Waals surface area (Å²) in [4.78, 5) is 16.6. The van der Waals surface area contributed by atoms with Gasteiger partial charge in [0.1, 0.15) is 0 Å². The Morgan fingerprint density at radius 3 is 2.78 bits per heavy atom. The molecule has 0 saturated carbocycles. The highest BCUT2D eigenvalue weighted by atomic mass is 35.5. The van der Waals surface area contributed by atoms with Crippen LogP contribution in [-0.2, 0) is 0 Å². The van der Waals surface area contributed by atoms with Crippen LogP contribution in [0.5, 0.6) is 0 Å². The minimum atomic E-state index is -0.441. The van der Waals surface area contributed by atoms with E-state index in [1.165, 1.54) is 12.3 Å². The molecule has 0 spiro atoms. The van der Waals surface area contributed by atoms with Gasteiger partial charge in [-0.15, -0.1) is 0 Å². The molecule has 1 aromatic heterocycles. The number of anilines is 1. The highest BCUT2D eigenvalue weighted by molar-refractivity contribution is 6.30. The van der Waals surface area contributed by atoms with Crippen molar-refractivity contribution in [2.75, 3.05) is 24.5 Å². The number of nitro groups is 1. The van der Waals surface area contributed by atoms with Gasteiger partial charge in [0, 0.05) is 25.4 Å². The molecule has 1 fully saturated rings. The maximum Gasteiger partial charge on any atom is 0.313 e. The summed E-state index contributed by atoms with van der Waals surface area (Å²) < 4.78 is 0. The van der Waals surface area contributed by atoms with E-state index in [9.17, 15) is 10.1 Å². The summed E-state index contributed by atoms with van der Waals surface area (Å²) in [5, 5.41) is 11.3. The zero-order chi connectivity index (χ0) is 13.1. The number of rotatable bonds is 3. The van der Waals surface area contributed by atoms with Gasteiger partial charge in [0.15, 0.2) is 0 Å². The van der Waals surface area contributed by atoms with Crippen molar-refractivity contribution in [1.82, 2.24) is 4.98 Å². The molecule has 1 saturated heterocycles. The van der Waals surface area contributed by atoms with Crippen LogP contribution in [0.3, 0.4) is 0 Å². The second-order valence-corrected chi connectivity index (χ2v) is 4.86. The molecule has 2 rings (SSSR count). The molecule has 2 N–H and O–H groups in total. The number of aromatic nitrogens is 1. The van der Waals surface area contributed by atoms with Gasteiger partial charge in [-0.1, -0.05) is 11.6 Å². The first-order chi connectivity index (χ1) is 8.61. The number of pyridine rings is 1. The van der Waals surface area contributed by atoms with Crippen molar-refractivity contribution in [3.63, 3.8) is 0 Å². The van der Waals surface area contributed by atoms with Gasteiger partial charge in [-0.05, 0) is 25.3 Å². The van der Waals surface area contributed by atoms with Gasteiger partial charge in [0.2, 0.25) is 5.82 Å². The monoisotopic (exact) mass is 270 g/mol. The second kappa shape index (κ2) is 5.49. The Morgan fingerprint density at radius 2 is 2.22 bits per heavy atom. The maximum atomic E-state index is 11.0. The van der Waals surface area contributed by atoms with E-state index >= 15 is 0 Å². The first kappa shape index (κ1) is 13.0. The third-order valence-corrected chi connectivity index (χ3v) is 3.46. The highest BCUT2D eigenvalue weighted by Gasteiger charge is 2.25. The summed E-state index contributed by atoms with van der Waals surface area (Å²) in [6.45, 7) is 2.17. The lowest BCUT2D eigenvalue weighted by molar-refractivity contribution is -0.384. The van der Waals surface area contributed by atoms with E-state index in [4.69, 9.17) is 17.3 Å². The minimum Gasteiger partial charge on any atom is -0.351 e. The van der Waals surface area contributed by atoms with Crippen molar-refractivity contribution in [3.8, 4) is 0 Å². The topological polar surface area (TPSA) is 85.3 Å². The van der Waals surface area contributed by atoms with Crippen molar-refractivity contribution in [3.05, 3.63) is 27.4 Å². The molecule has 2 heterocycles. The lowest BCUT2D eigenvalue weighted by atomic mass is 9.97. The summed E-state index contributed by atoms with van der Waals surface area (Å²) in [5.74, 6) is 0.910. The van der Waals surface area contributed by atoms with Gasteiger partial charge >= 0.3 is 5.69 Å². The van der Waals surface area contributed by atoms with Crippen LogP contribution >= 0.6 is 11.6 Å². The van der Waals surface area contributed by atoms with Gasteiger partial charge in [-0.2, -0.15) is 0 Å². The molecule has 0 unspecified atom stereocenters. The van der Waals surface area contributed by atoms with E-state index < -0.39 is 4.92 Å². The number of hydrogen-bond donors (Lipinski definition) is 1. The zero-order valence-corrected chi connectivity index (χ0v) is 10.6. The van der Waals surface area contributed by atoms with E-state index in [1.54, 1.807) is 0 Å². The Labute approximate surface area is 110 Å². The Balaban J connectivity index is 2.21. The van der Waals surface area contributed by atoms with Crippen molar-refractivity contribution < 1.29 is 4.92 Å². The third-order valence-electron chi connectivity index (χ3n) is 3.26. The second-order valence-electron chi connectivity index (χ2n) is 4.42. The Kier molecular flexibility index (Phi) is 3.98. The summed E-state index contributed by atoms with van der Waals surface area (Å²) >= 11 is 5.74. The quantitative estimate of drug-likeness (QED) is 0.669. The Hall–Kier alpha value is -1.40. The lowest BCUT2D eigenvalue weighted by Crippen LogP contribution is -2.36. The molecule has 6 nitrogen and oxygen atoms in total. The first-order valence-corrected chi connectivity index (χ1v) is 6.24. The number of nitrogens with two attached hydrogens (primary N) is 1. The standard InChI is InChI=1S/C11H15ClN4O2/c12-9-5-10(16(17)18)11(14-7-9)15-3-1-8(6-13)2-4-15/h5,7-8H,1-4,6,13H2. The summed E-state index contributed by atoms with van der Waals surface area (Å²) in [6, 6.07) is 1.35. The van der Waals surface area contributed by atoms with Crippen LogP contribution in [-0.4, -0.2) is 29.5 Å². The van der Waals surface area contributed by atoms with Crippen LogP contribution < -0.4 is 10.6 Å².